The average molecular weight is 453 g/mol. The smallest absolute Gasteiger partial charge is 0.269 e. The van der Waals surface area contributed by atoms with Crippen LogP contribution in [0.3, 0.4) is 0 Å². The summed E-state index contributed by atoms with van der Waals surface area (Å²) in [6.45, 7) is 9.44. The molecule has 0 saturated heterocycles. The summed E-state index contributed by atoms with van der Waals surface area (Å²) in [5.41, 5.74) is 2.88. The molecular formula is C24H28N4O3S. The number of non-ortho nitro benzene ring substituents is 1. The number of hydrogen-bond acceptors (Lipinski definition) is 6. The molecule has 0 N–H and O–H groups in total. The fraction of sp³-hybridized carbons (Fsp3) is 0.333. The molecular weight excluding hydrogens is 424 g/mol. The summed E-state index contributed by atoms with van der Waals surface area (Å²) >= 11 is 1.52. The van der Waals surface area contributed by atoms with Crippen molar-refractivity contribution in [1.29, 1.82) is 0 Å². The molecule has 1 amide bonds. The molecule has 3 aromatic rings. The first-order chi connectivity index (χ1) is 15.4. The Labute approximate surface area is 192 Å². The van der Waals surface area contributed by atoms with Crippen LogP contribution >= 0.6 is 11.3 Å². The average Bonchev–Trinajstić information content (AvgIpc) is 3.23. The summed E-state index contributed by atoms with van der Waals surface area (Å²) in [7, 11) is 0. The standard InChI is InChI=1S/C24H28N4O3S/c1-4-18-9-13-21-22(17-18)32-24(25-21)27(16-15-26(5-2)6-3)23(29)14-10-19-7-11-20(12-8-19)28(30)31/h7-14,17H,4-6,15-16H2,1-3H3. The Morgan fingerprint density at radius 3 is 2.44 bits per heavy atom. The number of thiazole rings is 1. The third-order valence-corrected chi connectivity index (χ3v) is 6.44. The van der Waals surface area contributed by atoms with Gasteiger partial charge in [0.2, 0.25) is 0 Å². The fourth-order valence-electron chi connectivity index (χ4n) is 3.34. The molecule has 0 radical (unpaired) electrons. The first-order valence-electron chi connectivity index (χ1n) is 10.8. The van der Waals surface area contributed by atoms with Crippen molar-refractivity contribution in [2.45, 2.75) is 27.2 Å². The number of aryl methyl sites for hydroxylation is 1. The number of nitro benzene ring substituents is 1. The van der Waals surface area contributed by atoms with Crippen molar-refractivity contribution >= 4 is 44.4 Å². The zero-order valence-corrected chi connectivity index (χ0v) is 19.5. The van der Waals surface area contributed by atoms with E-state index in [2.05, 4.69) is 37.8 Å². The molecule has 168 valence electrons. The van der Waals surface area contributed by atoms with Gasteiger partial charge in [0.25, 0.3) is 11.6 Å². The SMILES string of the molecule is CCc1ccc2nc(N(CCN(CC)CC)C(=O)C=Cc3ccc([N+](=O)[O-])cc3)sc2c1. The Balaban J connectivity index is 1.85. The number of likely N-dealkylation sites (N-methyl/N-ethyl adjacent to an activating group) is 1. The minimum Gasteiger partial charge on any atom is -0.302 e. The van der Waals surface area contributed by atoms with E-state index >= 15 is 0 Å². The zero-order chi connectivity index (χ0) is 23.1. The minimum atomic E-state index is -0.440. The number of benzene rings is 2. The third-order valence-electron chi connectivity index (χ3n) is 5.40. The summed E-state index contributed by atoms with van der Waals surface area (Å²) in [6, 6.07) is 12.3. The van der Waals surface area contributed by atoms with E-state index < -0.39 is 4.92 Å². The van der Waals surface area contributed by atoms with Crippen LogP contribution in [0, 0.1) is 10.1 Å². The fourth-order valence-corrected chi connectivity index (χ4v) is 4.40. The number of rotatable bonds is 10. The van der Waals surface area contributed by atoms with E-state index in [-0.39, 0.29) is 11.6 Å². The predicted octanol–water partition coefficient (Wildman–Crippen LogP) is 5.16. The Morgan fingerprint density at radius 2 is 1.81 bits per heavy atom. The van der Waals surface area contributed by atoms with Crippen molar-refractivity contribution in [1.82, 2.24) is 9.88 Å². The highest BCUT2D eigenvalue weighted by Gasteiger charge is 2.19. The lowest BCUT2D eigenvalue weighted by molar-refractivity contribution is -0.384. The number of carbonyl (C=O) groups excluding carboxylic acids is 1. The second-order valence-corrected chi connectivity index (χ2v) is 8.36. The van der Waals surface area contributed by atoms with E-state index in [9.17, 15) is 14.9 Å². The third kappa shape index (κ3) is 5.77. The molecule has 1 aromatic heterocycles. The van der Waals surface area contributed by atoms with Crippen molar-refractivity contribution in [2.75, 3.05) is 31.1 Å². The highest BCUT2D eigenvalue weighted by Crippen LogP contribution is 2.30. The van der Waals surface area contributed by atoms with Crippen molar-refractivity contribution in [2.24, 2.45) is 0 Å². The van der Waals surface area contributed by atoms with Gasteiger partial charge in [-0.1, -0.05) is 38.2 Å². The Bertz CT molecular complexity index is 1100. The number of fused-ring (bicyclic) bond motifs is 1. The largest absolute Gasteiger partial charge is 0.302 e. The normalized spacial score (nSPS) is 11.5. The Hall–Kier alpha value is -3.10. The molecule has 0 unspecified atom stereocenters. The number of amides is 1. The molecule has 0 bridgehead atoms. The number of nitrogens with zero attached hydrogens (tertiary/aromatic N) is 4. The number of hydrogen-bond donors (Lipinski definition) is 0. The Morgan fingerprint density at radius 1 is 1.09 bits per heavy atom. The quantitative estimate of drug-likeness (QED) is 0.241. The molecule has 2 aromatic carbocycles. The van der Waals surface area contributed by atoms with Crippen LogP contribution < -0.4 is 4.90 Å². The first kappa shape index (κ1) is 23.6. The van der Waals surface area contributed by atoms with Crippen molar-refractivity contribution in [3.8, 4) is 0 Å². The van der Waals surface area contributed by atoms with Gasteiger partial charge in [-0.15, -0.1) is 0 Å². The minimum absolute atomic E-state index is 0.0234. The second kappa shape index (κ2) is 11.0. The summed E-state index contributed by atoms with van der Waals surface area (Å²) in [4.78, 5) is 32.3. The van der Waals surface area contributed by atoms with Crippen molar-refractivity contribution < 1.29 is 9.72 Å². The maximum atomic E-state index is 13.2. The van der Waals surface area contributed by atoms with Gasteiger partial charge in [0.1, 0.15) is 0 Å². The number of anilines is 1. The molecule has 32 heavy (non-hydrogen) atoms. The van der Waals surface area contributed by atoms with Gasteiger partial charge >= 0.3 is 0 Å². The van der Waals surface area contributed by atoms with Crippen LogP contribution in [-0.2, 0) is 11.2 Å². The molecule has 0 aliphatic carbocycles. The summed E-state index contributed by atoms with van der Waals surface area (Å²) in [5.74, 6) is -0.162. The van der Waals surface area contributed by atoms with Crippen LogP contribution in [0.4, 0.5) is 10.8 Å². The van der Waals surface area contributed by atoms with E-state index in [1.165, 1.54) is 35.1 Å². The topological polar surface area (TPSA) is 79.6 Å². The van der Waals surface area contributed by atoms with E-state index in [4.69, 9.17) is 4.98 Å². The maximum Gasteiger partial charge on any atom is 0.269 e. The molecule has 8 heteroatoms. The summed E-state index contributed by atoms with van der Waals surface area (Å²) < 4.78 is 1.07. The van der Waals surface area contributed by atoms with Crippen LogP contribution in [0.5, 0.6) is 0 Å². The predicted molar refractivity (Wildman–Crippen MR) is 131 cm³/mol. The van der Waals surface area contributed by atoms with Gasteiger partial charge < -0.3 is 4.90 Å². The van der Waals surface area contributed by atoms with Gasteiger partial charge in [0.15, 0.2) is 5.13 Å². The van der Waals surface area contributed by atoms with Crippen molar-refractivity contribution in [3.05, 3.63) is 69.8 Å². The monoisotopic (exact) mass is 452 g/mol. The molecule has 3 rings (SSSR count). The van der Waals surface area contributed by atoms with Gasteiger partial charge in [0.05, 0.1) is 15.1 Å². The summed E-state index contributed by atoms with van der Waals surface area (Å²) in [5, 5.41) is 11.5. The van der Waals surface area contributed by atoms with E-state index in [1.54, 1.807) is 23.1 Å². The second-order valence-electron chi connectivity index (χ2n) is 7.35. The number of carbonyl (C=O) groups is 1. The lowest BCUT2D eigenvalue weighted by Gasteiger charge is -2.23. The lowest BCUT2D eigenvalue weighted by atomic mass is 10.2. The van der Waals surface area contributed by atoms with Crippen LogP contribution in [-0.4, -0.2) is 46.9 Å². The van der Waals surface area contributed by atoms with Crippen LogP contribution in [0.2, 0.25) is 0 Å². The van der Waals surface area contributed by atoms with Gasteiger partial charge in [0, 0.05) is 31.3 Å². The highest BCUT2D eigenvalue weighted by molar-refractivity contribution is 7.22. The first-order valence-corrected chi connectivity index (χ1v) is 11.6. The highest BCUT2D eigenvalue weighted by atomic mass is 32.1. The molecule has 0 spiro atoms. The molecule has 1 heterocycles. The van der Waals surface area contributed by atoms with Crippen LogP contribution in [0.25, 0.3) is 16.3 Å². The molecule has 7 nitrogen and oxygen atoms in total. The van der Waals surface area contributed by atoms with Crippen LogP contribution in [0.1, 0.15) is 31.9 Å². The van der Waals surface area contributed by atoms with Gasteiger partial charge in [-0.25, -0.2) is 4.98 Å². The van der Waals surface area contributed by atoms with E-state index in [0.717, 1.165) is 41.8 Å². The Kier molecular flexibility index (Phi) is 8.08. The van der Waals surface area contributed by atoms with Crippen LogP contribution in [0.15, 0.2) is 48.5 Å². The maximum absolute atomic E-state index is 13.2. The van der Waals surface area contributed by atoms with Gasteiger partial charge in [-0.05, 0) is 61.0 Å². The van der Waals surface area contributed by atoms with Gasteiger partial charge in [-0.2, -0.15) is 0 Å². The van der Waals surface area contributed by atoms with Crippen molar-refractivity contribution in [3.63, 3.8) is 0 Å². The van der Waals surface area contributed by atoms with E-state index in [0.29, 0.717) is 11.7 Å². The number of nitro groups is 1. The molecule has 0 aliphatic heterocycles. The lowest BCUT2D eigenvalue weighted by Crippen LogP contribution is -2.38. The van der Waals surface area contributed by atoms with E-state index in [1.807, 2.05) is 6.07 Å². The van der Waals surface area contributed by atoms with Gasteiger partial charge in [-0.3, -0.25) is 19.8 Å². The zero-order valence-electron chi connectivity index (χ0n) is 18.7. The number of aromatic nitrogens is 1. The molecule has 0 saturated carbocycles. The molecule has 0 atom stereocenters. The molecule has 0 aliphatic rings. The summed E-state index contributed by atoms with van der Waals surface area (Å²) in [6.07, 6.45) is 4.14. The molecule has 0 fully saturated rings.